The van der Waals surface area contributed by atoms with Crippen molar-refractivity contribution in [2.24, 2.45) is 10.1 Å². The number of fused-ring (bicyclic) bond motifs is 1. The zero-order chi connectivity index (χ0) is 26.3. The molecule has 0 saturated carbocycles. The lowest BCUT2D eigenvalue weighted by Crippen LogP contribution is -2.25. The van der Waals surface area contributed by atoms with Gasteiger partial charge in [0.15, 0.2) is 18.1 Å². The average Bonchev–Trinajstić information content (AvgIpc) is 3.36. The van der Waals surface area contributed by atoms with Crippen molar-refractivity contribution in [1.82, 2.24) is 4.68 Å². The van der Waals surface area contributed by atoms with Crippen LogP contribution in [0.2, 0.25) is 0 Å². The number of amides is 1. The van der Waals surface area contributed by atoms with Gasteiger partial charge in [-0.3, -0.25) is 9.79 Å². The molecular formula is C29H26N4O4S. The van der Waals surface area contributed by atoms with Gasteiger partial charge in [0, 0.05) is 10.9 Å². The zero-order valence-electron chi connectivity index (χ0n) is 20.8. The van der Waals surface area contributed by atoms with E-state index < -0.39 is 0 Å². The quantitative estimate of drug-likeness (QED) is 0.243. The number of benzene rings is 3. The maximum absolute atomic E-state index is 11.8. The Bertz CT molecular complexity index is 1560. The minimum absolute atomic E-state index is 0.0125. The van der Waals surface area contributed by atoms with Gasteiger partial charge in [0.2, 0.25) is 4.80 Å². The van der Waals surface area contributed by atoms with E-state index in [1.807, 2.05) is 72.1 Å². The number of methoxy groups -OCH3 is 1. The van der Waals surface area contributed by atoms with E-state index in [1.54, 1.807) is 24.1 Å². The van der Waals surface area contributed by atoms with Gasteiger partial charge in [-0.25, -0.2) is 4.68 Å². The van der Waals surface area contributed by atoms with Gasteiger partial charge in [-0.1, -0.05) is 36.4 Å². The first-order chi connectivity index (χ1) is 18.6. The van der Waals surface area contributed by atoms with Crippen LogP contribution in [0.1, 0.15) is 11.1 Å². The molecule has 0 aliphatic carbocycles. The summed E-state index contributed by atoms with van der Waals surface area (Å²) in [5.41, 5.74) is 4.21. The Morgan fingerprint density at radius 2 is 2.00 bits per heavy atom. The number of anilines is 1. The molecule has 8 nitrogen and oxygen atoms in total. The summed E-state index contributed by atoms with van der Waals surface area (Å²) in [5, 5.41) is 9.61. The highest BCUT2D eigenvalue weighted by molar-refractivity contribution is 7.07. The predicted molar refractivity (Wildman–Crippen MR) is 149 cm³/mol. The van der Waals surface area contributed by atoms with E-state index in [4.69, 9.17) is 19.3 Å². The summed E-state index contributed by atoms with van der Waals surface area (Å²) in [4.78, 5) is 17.1. The second-order valence-corrected chi connectivity index (χ2v) is 9.16. The molecule has 3 aromatic carbocycles. The third-order valence-electron chi connectivity index (χ3n) is 5.70. The first kappa shape index (κ1) is 25.0. The molecule has 1 amide bonds. The van der Waals surface area contributed by atoms with E-state index >= 15 is 0 Å². The lowest BCUT2D eigenvalue weighted by atomic mass is 10.1. The second-order valence-electron chi connectivity index (χ2n) is 8.32. The summed E-state index contributed by atoms with van der Waals surface area (Å²) in [5.74, 6) is 1.72. The van der Waals surface area contributed by atoms with Crippen LogP contribution >= 0.6 is 11.3 Å². The standard InChI is InChI=1S/C29H26N4O4S/c1-3-13-30-29-33(24(19-38-29)22-10-12-25-23(15-22)32-28(34)18-37-25)31-16-21-9-11-26(35-2)27(14-21)36-17-20-7-5-4-6-8-20/h3-12,14-16,19H,1,13,17-18H2,2H3,(H,32,34). The fraction of sp³-hybridized carbons (Fsp3) is 0.138. The number of carbonyl (C=O) groups excluding carboxylic acids is 1. The molecule has 0 spiro atoms. The Labute approximate surface area is 224 Å². The van der Waals surface area contributed by atoms with Gasteiger partial charge in [-0.15, -0.1) is 17.9 Å². The maximum atomic E-state index is 11.8. The molecule has 0 atom stereocenters. The Morgan fingerprint density at radius 1 is 1.13 bits per heavy atom. The smallest absolute Gasteiger partial charge is 0.262 e. The van der Waals surface area contributed by atoms with E-state index in [-0.39, 0.29) is 12.5 Å². The van der Waals surface area contributed by atoms with Gasteiger partial charge in [0.05, 0.1) is 31.3 Å². The van der Waals surface area contributed by atoms with E-state index in [0.29, 0.717) is 40.9 Å². The number of rotatable bonds is 9. The molecule has 1 aliphatic rings. The summed E-state index contributed by atoms with van der Waals surface area (Å²) < 4.78 is 18.8. The highest BCUT2D eigenvalue weighted by Crippen LogP contribution is 2.33. The zero-order valence-corrected chi connectivity index (χ0v) is 21.6. The molecule has 0 saturated heterocycles. The molecule has 0 bridgehead atoms. The molecule has 0 unspecified atom stereocenters. The first-order valence-electron chi connectivity index (χ1n) is 11.9. The largest absolute Gasteiger partial charge is 0.493 e. The number of aromatic nitrogens is 1. The summed E-state index contributed by atoms with van der Waals surface area (Å²) in [6.45, 7) is 4.66. The van der Waals surface area contributed by atoms with Gasteiger partial charge in [-0.05, 0) is 47.5 Å². The number of hydrogen-bond donors (Lipinski definition) is 1. The summed E-state index contributed by atoms with van der Waals surface area (Å²) in [6, 6.07) is 21.3. The Balaban J connectivity index is 1.47. The molecule has 1 N–H and O–H groups in total. The molecule has 2 heterocycles. The molecular weight excluding hydrogens is 500 g/mol. The first-order valence-corrected chi connectivity index (χ1v) is 12.8. The highest BCUT2D eigenvalue weighted by Gasteiger charge is 2.18. The molecule has 0 radical (unpaired) electrons. The molecule has 192 valence electrons. The SMILES string of the molecule is C=CCN=c1scc(-c2ccc3c(c2)NC(=O)CO3)n1N=Cc1ccc(OC)c(OCc2ccccc2)c1. The number of nitrogens with one attached hydrogen (secondary N) is 1. The Morgan fingerprint density at radius 3 is 2.82 bits per heavy atom. The van der Waals surface area contributed by atoms with Crippen molar-refractivity contribution >= 4 is 29.1 Å². The lowest BCUT2D eigenvalue weighted by molar-refractivity contribution is -0.118. The Kier molecular flexibility index (Phi) is 7.65. The number of carbonyl (C=O) groups is 1. The van der Waals surface area contributed by atoms with Crippen LogP contribution < -0.4 is 24.3 Å². The normalized spacial score (nSPS) is 13.1. The maximum Gasteiger partial charge on any atom is 0.262 e. The van der Waals surface area contributed by atoms with Crippen LogP contribution in [-0.2, 0) is 11.4 Å². The third kappa shape index (κ3) is 5.68. The molecule has 1 aliphatic heterocycles. The van der Waals surface area contributed by atoms with Gasteiger partial charge < -0.3 is 19.5 Å². The van der Waals surface area contributed by atoms with Gasteiger partial charge in [-0.2, -0.15) is 5.10 Å². The second kappa shape index (κ2) is 11.6. The number of thiazole rings is 1. The fourth-order valence-corrected chi connectivity index (χ4v) is 4.70. The van der Waals surface area contributed by atoms with E-state index in [0.717, 1.165) is 22.4 Å². The molecule has 1 aromatic heterocycles. The van der Waals surface area contributed by atoms with E-state index in [1.165, 1.54) is 11.3 Å². The molecule has 9 heteroatoms. The van der Waals surface area contributed by atoms with Crippen molar-refractivity contribution in [2.75, 3.05) is 25.6 Å². The minimum atomic E-state index is -0.183. The number of nitrogens with zero attached hydrogens (tertiary/aromatic N) is 3. The van der Waals surface area contributed by atoms with Crippen LogP contribution in [0.25, 0.3) is 11.3 Å². The third-order valence-corrected chi connectivity index (χ3v) is 6.55. The van der Waals surface area contributed by atoms with Gasteiger partial charge in [0.25, 0.3) is 5.91 Å². The minimum Gasteiger partial charge on any atom is -0.493 e. The van der Waals surface area contributed by atoms with E-state index in [9.17, 15) is 4.79 Å². The monoisotopic (exact) mass is 526 g/mol. The van der Waals surface area contributed by atoms with Crippen LogP contribution in [0.4, 0.5) is 5.69 Å². The fourth-order valence-electron chi connectivity index (χ4n) is 3.85. The summed E-state index contributed by atoms with van der Waals surface area (Å²) >= 11 is 1.47. The molecule has 0 fully saturated rings. The van der Waals surface area contributed by atoms with Crippen molar-refractivity contribution < 1.29 is 19.0 Å². The van der Waals surface area contributed by atoms with Crippen LogP contribution in [-0.4, -0.2) is 37.1 Å². The van der Waals surface area contributed by atoms with E-state index in [2.05, 4.69) is 16.9 Å². The van der Waals surface area contributed by atoms with Crippen molar-refractivity contribution in [2.45, 2.75) is 6.61 Å². The van der Waals surface area contributed by atoms with Crippen molar-refractivity contribution in [3.8, 4) is 28.5 Å². The van der Waals surface area contributed by atoms with Gasteiger partial charge in [0.1, 0.15) is 12.4 Å². The van der Waals surface area contributed by atoms with Gasteiger partial charge >= 0.3 is 0 Å². The Hall–Kier alpha value is -4.63. The number of hydrogen-bond acceptors (Lipinski definition) is 7. The molecule has 5 rings (SSSR count). The van der Waals surface area contributed by atoms with Crippen molar-refractivity contribution in [1.29, 1.82) is 0 Å². The molecule has 38 heavy (non-hydrogen) atoms. The van der Waals surface area contributed by atoms with Crippen LogP contribution in [0, 0.1) is 0 Å². The van der Waals surface area contributed by atoms with Crippen LogP contribution in [0.3, 0.4) is 0 Å². The summed E-state index contributed by atoms with van der Waals surface area (Å²) in [7, 11) is 1.62. The summed E-state index contributed by atoms with van der Waals surface area (Å²) in [6.07, 6.45) is 3.49. The molecule has 4 aromatic rings. The van der Waals surface area contributed by atoms with Crippen molar-refractivity contribution in [3.63, 3.8) is 0 Å². The highest BCUT2D eigenvalue weighted by atomic mass is 32.1. The van der Waals surface area contributed by atoms with Crippen LogP contribution in [0.5, 0.6) is 17.2 Å². The average molecular weight is 527 g/mol. The predicted octanol–water partition coefficient (Wildman–Crippen LogP) is 5.10. The van der Waals surface area contributed by atoms with Crippen molar-refractivity contribution in [3.05, 3.63) is 101 Å². The topological polar surface area (TPSA) is 86.4 Å². The number of ether oxygens (including phenoxy) is 3. The van der Waals surface area contributed by atoms with Crippen LogP contribution in [0.15, 0.2) is 94.9 Å². The lowest BCUT2D eigenvalue weighted by Gasteiger charge is -2.18.